The van der Waals surface area contributed by atoms with Crippen molar-refractivity contribution in [1.29, 1.82) is 0 Å². The lowest BCUT2D eigenvalue weighted by Gasteiger charge is -2.21. The van der Waals surface area contributed by atoms with Gasteiger partial charge < -0.3 is 10.2 Å². The second-order valence-electron chi connectivity index (χ2n) is 16.4. The first kappa shape index (κ1) is 35.7. The maximum absolute atomic E-state index is 7.15. The van der Waals surface area contributed by atoms with Gasteiger partial charge in [0.15, 0.2) is 0 Å². The predicted octanol–water partition coefficient (Wildman–Crippen LogP) is 14.5. The molecular formula is C57H42N2O. The van der Waals surface area contributed by atoms with Crippen LogP contribution in [0.1, 0.15) is 41.7 Å². The molecule has 0 saturated heterocycles. The summed E-state index contributed by atoms with van der Waals surface area (Å²) in [4.78, 5) is 5.21. The van der Waals surface area contributed by atoms with Crippen molar-refractivity contribution in [3.05, 3.63) is 222 Å². The van der Waals surface area contributed by atoms with Gasteiger partial charge in [0.2, 0.25) is 0 Å². The van der Waals surface area contributed by atoms with Crippen LogP contribution in [-0.2, 0) is 12.0 Å². The van der Waals surface area contributed by atoms with E-state index in [0.29, 0.717) is 12.2 Å². The van der Waals surface area contributed by atoms with Crippen molar-refractivity contribution < 1.29 is 4.42 Å². The third-order valence-electron chi connectivity index (χ3n) is 12.6. The van der Waals surface area contributed by atoms with Gasteiger partial charge in [-0.3, -0.25) is 4.99 Å². The maximum Gasteiger partial charge on any atom is 0.136 e. The van der Waals surface area contributed by atoms with Gasteiger partial charge in [0, 0.05) is 33.0 Å². The van der Waals surface area contributed by atoms with Crippen LogP contribution >= 0.6 is 0 Å². The fraction of sp³-hybridized carbons (Fsp3) is 0.0702. The van der Waals surface area contributed by atoms with Crippen LogP contribution in [0.5, 0.6) is 0 Å². The molecule has 0 radical (unpaired) electrons. The molecule has 1 heterocycles. The number of nitrogens with two attached hydrogens (primary N) is 1. The van der Waals surface area contributed by atoms with E-state index in [1.807, 2.05) is 36.4 Å². The minimum Gasteiger partial charge on any atom is -0.456 e. The second-order valence-corrected chi connectivity index (χ2v) is 16.4. The Morgan fingerprint density at radius 3 is 2.03 bits per heavy atom. The predicted molar refractivity (Wildman–Crippen MR) is 252 cm³/mol. The molecule has 3 heteroatoms. The van der Waals surface area contributed by atoms with E-state index in [2.05, 4.69) is 172 Å². The van der Waals surface area contributed by atoms with E-state index in [9.17, 15) is 0 Å². The number of nitrogens with zero attached hydrogens (tertiary/aromatic N) is 1. The smallest absolute Gasteiger partial charge is 0.136 e. The minimum atomic E-state index is -0.0534. The summed E-state index contributed by atoms with van der Waals surface area (Å²) >= 11 is 0. The summed E-state index contributed by atoms with van der Waals surface area (Å²) in [5.74, 6) is 0. The molecular weight excluding hydrogens is 729 g/mol. The van der Waals surface area contributed by atoms with Crippen molar-refractivity contribution in [3.8, 4) is 33.4 Å². The lowest BCUT2D eigenvalue weighted by Crippen LogP contribution is -2.14. The second kappa shape index (κ2) is 14.1. The summed E-state index contributed by atoms with van der Waals surface area (Å²) in [6.07, 6.45) is 2.04. The Morgan fingerprint density at radius 1 is 0.533 bits per heavy atom. The number of hydrogen-bond acceptors (Lipinski definition) is 3. The summed E-state index contributed by atoms with van der Waals surface area (Å²) in [5, 5.41) is 6.93. The topological polar surface area (TPSA) is 51.5 Å². The highest BCUT2D eigenvalue weighted by molar-refractivity contribution is 6.23. The zero-order chi connectivity index (χ0) is 40.4. The third-order valence-corrected chi connectivity index (χ3v) is 12.6. The first-order chi connectivity index (χ1) is 29.4. The summed E-state index contributed by atoms with van der Waals surface area (Å²) in [7, 11) is 0. The number of fused-ring (bicyclic) bond motifs is 9. The molecule has 60 heavy (non-hydrogen) atoms. The maximum atomic E-state index is 7.15. The van der Waals surface area contributed by atoms with E-state index < -0.39 is 0 Å². The fourth-order valence-electron chi connectivity index (χ4n) is 9.53. The Kier molecular flexibility index (Phi) is 8.38. The van der Waals surface area contributed by atoms with E-state index in [1.54, 1.807) is 0 Å². The van der Waals surface area contributed by atoms with Gasteiger partial charge in [0.25, 0.3) is 0 Å². The van der Waals surface area contributed by atoms with Crippen molar-refractivity contribution in [1.82, 2.24) is 0 Å². The molecule has 0 bridgehead atoms. The van der Waals surface area contributed by atoms with Crippen molar-refractivity contribution in [2.24, 2.45) is 10.7 Å². The Labute approximate surface area is 349 Å². The summed E-state index contributed by atoms with van der Waals surface area (Å²) in [5.41, 5.74) is 23.5. The van der Waals surface area contributed by atoms with Crippen LogP contribution in [0.4, 0.5) is 0 Å². The molecule has 0 aliphatic heterocycles. The van der Waals surface area contributed by atoms with Gasteiger partial charge >= 0.3 is 0 Å². The van der Waals surface area contributed by atoms with Crippen LogP contribution in [0, 0.1) is 0 Å². The highest BCUT2D eigenvalue weighted by Gasteiger charge is 2.36. The molecule has 0 unspecified atom stereocenters. The van der Waals surface area contributed by atoms with Crippen molar-refractivity contribution in [2.75, 3.05) is 0 Å². The SMILES string of the molecule is CC1(C)c2ccc(-c3ccc(-c4ccc(/C(N)=C/C(=NCc5ccccc5)c5cccc6oc7ccccc7c56)c5ccccc45)cc3)cc2-c2c1ccc1ccccc21. The van der Waals surface area contributed by atoms with Gasteiger partial charge in [0.1, 0.15) is 11.2 Å². The molecule has 9 aromatic carbocycles. The first-order valence-corrected chi connectivity index (χ1v) is 20.7. The molecule has 0 spiro atoms. The normalized spacial score (nSPS) is 13.6. The number of furan rings is 1. The molecule has 2 N–H and O–H groups in total. The zero-order valence-corrected chi connectivity index (χ0v) is 33.6. The average molecular weight is 771 g/mol. The van der Waals surface area contributed by atoms with E-state index in [-0.39, 0.29) is 5.41 Å². The minimum absolute atomic E-state index is 0.0534. The molecule has 10 aromatic rings. The molecule has 0 saturated carbocycles. The molecule has 3 nitrogen and oxygen atoms in total. The van der Waals surface area contributed by atoms with Gasteiger partial charge in [-0.15, -0.1) is 0 Å². The fourth-order valence-corrected chi connectivity index (χ4v) is 9.53. The number of aliphatic imine (C=N–C) groups is 1. The van der Waals surface area contributed by atoms with Crippen LogP contribution in [-0.4, -0.2) is 5.71 Å². The molecule has 0 atom stereocenters. The van der Waals surface area contributed by atoms with Gasteiger partial charge in [-0.2, -0.15) is 0 Å². The molecule has 1 aliphatic carbocycles. The first-order valence-electron chi connectivity index (χ1n) is 20.7. The molecule has 1 aliphatic rings. The monoisotopic (exact) mass is 770 g/mol. The molecule has 11 rings (SSSR count). The number of hydrogen-bond donors (Lipinski definition) is 1. The number of rotatable bonds is 7. The van der Waals surface area contributed by atoms with E-state index >= 15 is 0 Å². The van der Waals surface area contributed by atoms with Crippen LogP contribution in [0.2, 0.25) is 0 Å². The van der Waals surface area contributed by atoms with Crippen molar-refractivity contribution in [2.45, 2.75) is 25.8 Å². The van der Waals surface area contributed by atoms with E-state index in [4.69, 9.17) is 15.1 Å². The van der Waals surface area contributed by atoms with E-state index in [1.165, 1.54) is 44.2 Å². The lowest BCUT2D eigenvalue weighted by molar-refractivity contribution is 0.661. The van der Waals surface area contributed by atoms with Crippen LogP contribution in [0.15, 0.2) is 204 Å². The summed E-state index contributed by atoms with van der Waals surface area (Å²) in [6.45, 7) is 5.22. The van der Waals surface area contributed by atoms with Gasteiger partial charge in [-0.1, -0.05) is 184 Å². The van der Waals surface area contributed by atoms with Gasteiger partial charge in [-0.25, -0.2) is 0 Å². The van der Waals surface area contributed by atoms with Crippen LogP contribution in [0.3, 0.4) is 0 Å². The standard InChI is InChI=1S/C57H42N2O/c1-57(2)49-31-28-40(33-48(49)55-42-16-7-6-15-38(42)27-32-50(55)57)37-23-25-39(26-24-37)41-29-30-45(44-18-9-8-17-43(41)44)51(58)34-52(59-35-36-13-4-3-5-14-36)46-20-12-22-54-56(46)47-19-10-11-21-53(47)60-54/h3-34H,35,58H2,1-2H3/b51-34-,59-52?. The highest BCUT2D eigenvalue weighted by Crippen LogP contribution is 2.52. The molecule has 0 amide bonds. The number of benzene rings is 9. The molecule has 1 aromatic heterocycles. The van der Waals surface area contributed by atoms with Gasteiger partial charge in [-0.05, 0) is 95.9 Å². The van der Waals surface area contributed by atoms with Crippen LogP contribution < -0.4 is 5.73 Å². The lowest BCUT2D eigenvalue weighted by atomic mass is 9.82. The third kappa shape index (κ3) is 5.85. The quantitative estimate of drug-likeness (QED) is 0.164. The Morgan fingerprint density at radius 2 is 1.20 bits per heavy atom. The molecule has 0 fully saturated rings. The number of para-hydroxylation sites is 1. The summed E-state index contributed by atoms with van der Waals surface area (Å²) < 4.78 is 6.29. The Bertz CT molecular complexity index is 3370. The van der Waals surface area contributed by atoms with Crippen LogP contribution in [0.25, 0.3) is 82.6 Å². The van der Waals surface area contributed by atoms with Crippen molar-refractivity contribution in [3.63, 3.8) is 0 Å². The Balaban J connectivity index is 0.968. The summed E-state index contributed by atoms with van der Waals surface area (Å²) in [6, 6.07) is 67.0. The van der Waals surface area contributed by atoms with E-state index in [0.717, 1.165) is 66.2 Å². The number of allylic oxidation sites excluding steroid dienone is 1. The largest absolute Gasteiger partial charge is 0.456 e. The Hall–Kier alpha value is -7.49. The average Bonchev–Trinajstić information content (AvgIpc) is 3.79. The molecule has 286 valence electrons. The highest BCUT2D eigenvalue weighted by atomic mass is 16.3. The van der Waals surface area contributed by atoms with Crippen molar-refractivity contribution >= 4 is 54.9 Å². The van der Waals surface area contributed by atoms with Gasteiger partial charge in [0.05, 0.1) is 12.3 Å². The zero-order valence-electron chi connectivity index (χ0n) is 33.6.